The number of rotatable bonds is 5. The molecule has 0 aliphatic carbocycles. The van der Waals surface area contributed by atoms with Crippen LogP contribution < -0.4 is 0 Å². The van der Waals surface area contributed by atoms with Gasteiger partial charge in [-0.3, -0.25) is 0 Å². The number of oxime groups is 1. The van der Waals surface area contributed by atoms with E-state index in [9.17, 15) is 4.79 Å². The van der Waals surface area contributed by atoms with E-state index in [0.717, 1.165) is 11.8 Å². The fourth-order valence-electron chi connectivity index (χ4n) is 1.03. The van der Waals surface area contributed by atoms with Gasteiger partial charge in [0.15, 0.2) is 6.21 Å². The second kappa shape index (κ2) is 6.61. The largest absolute Gasteiger partial charge is 0.459 e. The van der Waals surface area contributed by atoms with Crippen LogP contribution in [-0.2, 0) is 21.0 Å². The lowest BCUT2D eigenvalue weighted by Gasteiger charge is -2.03. The first-order valence-corrected chi connectivity index (χ1v) is 5.08. The van der Waals surface area contributed by atoms with E-state index < -0.39 is 5.97 Å². The molecule has 0 bridgehead atoms. The predicted molar refractivity (Wildman–Crippen MR) is 61.0 cm³/mol. The van der Waals surface area contributed by atoms with Crippen LogP contribution in [0.15, 0.2) is 35.5 Å². The summed E-state index contributed by atoms with van der Waals surface area (Å²) in [5.74, 6) is -0.497. The van der Waals surface area contributed by atoms with Crippen molar-refractivity contribution in [1.29, 1.82) is 0 Å². The number of carbonyl (C=O) groups is 1. The molecule has 86 valence electrons. The molecule has 16 heavy (non-hydrogen) atoms. The van der Waals surface area contributed by atoms with Crippen molar-refractivity contribution in [3.8, 4) is 0 Å². The number of hydrogen-bond acceptors (Lipinski definition) is 4. The molecule has 0 saturated carbocycles. The molecule has 0 atom stereocenters. The highest BCUT2D eigenvalue weighted by atomic mass is 16.6. The van der Waals surface area contributed by atoms with Gasteiger partial charge in [-0.1, -0.05) is 35.5 Å². The van der Waals surface area contributed by atoms with E-state index >= 15 is 0 Å². The van der Waals surface area contributed by atoms with Gasteiger partial charge in [0, 0.05) is 0 Å². The van der Waals surface area contributed by atoms with Crippen LogP contribution in [0.2, 0.25) is 0 Å². The predicted octanol–water partition coefficient (Wildman–Crippen LogP) is 2.14. The van der Waals surface area contributed by atoms with Crippen molar-refractivity contribution in [3.63, 3.8) is 0 Å². The number of benzene rings is 1. The zero-order valence-electron chi connectivity index (χ0n) is 9.42. The molecular weight excluding hydrogens is 206 g/mol. The van der Waals surface area contributed by atoms with Gasteiger partial charge in [-0.15, -0.1) is 0 Å². The summed E-state index contributed by atoms with van der Waals surface area (Å²) in [6.45, 7) is 3.89. The Balaban J connectivity index is 2.25. The molecule has 4 nitrogen and oxygen atoms in total. The summed E-state index contributed by atoms with van der Waals surface area (Å²) in [4.78, 5) is 16.0. The molecule has 0 radical (unpaired) electrons. The van der Waals surface area contributed by atoms with Crippen LogP contribution in [0.5, 0.6) is 0 Å². The molecule has 0 spiro atoms. The Hall–Kier alpha value is -1.84. The Morgan fingerprint density at radius 1 is 1.38 bits per heavy atom. The minimum Gasteiger partial charge on any atom is -0.459 e. The molecule has 0 N–H and O–H groups in total. The number of hydrogen-bond donors (Lipinski definition) is 0. The Kier molecular flexibility index (Phi) is 5.05. The fraction of sp³-hybridized carbons (Fsp3) is 0.333. The van der Waals surface area contributed by atoms with Gasteiger partial charge in [-0.2, -0.15) is 0 Å². The Bertz CT molecular complexity index is 347. The minimum absolute atomic E-state index is 0.145. The average Bonchev–Trinajstić information content (AvgIpc) is 2.25. The zero-order valence-corrected chi connectivity index (χ0v) is 9.42. The maximum absolute atomic E-state index is 11.0. The summed E-state index contributed by atoms with van der Waals surface area (Å²) < 4.78 is 4.83. The summed E-state index contributed by atoms with van der Waals surface area (Å²) in [5, 5.41) is 3.52. The van der Waals surface area contributed by atoms with Gasteiger partial charge < -0.3 is 9.57 Å². The molecule has 0 unspecified atom stereocenters. The number of carbonyl (C=O) groups excluding carboxylic acids is 1. The van der Waals surface area contributed by atoms with E-state index in [1.807, 2.05) is 30.3 Å². The highest BCUT2D eigenvalue weighted by Gasteiger charge is 2.00. The lowest BCUT2D eigenvalue weighted by molar-refractivity contribution is -0.138. The van der Waals surface area contributed by atoms with Gasteiger partial charge in [-0.25, -0.2) is 4.79 Å². The second-order valence-electron chi connectivity index (χ2n) is 3.48. The van der Waals surface area contributed by atoms with E-state index in [-0.39, 0.29) is 6.10 Å². The molecule has 1 aromatic rings. The smallest absolute Gasteiger partial charge is 0.353 e. The molecule has 0 fully saturated rings. The highest BCUT2D eigenvalue weighted by Crippen LogP contribution is 2.00. The normalized spacial score (nSPS) is 10.7. The van der Waals surface area contributed by atoms with Crippen molar-refractivity contribution in [1.82, 2.24) is 0 Å². The van der Waals surface area contributed by atoms with Crippen molar-refractivity contribution in [2.24, 2.45) is 5.16 Å². The van der Waals surface area contributed by atoms with Crippen LogP contribution in [0.25, 0.3) is 0 Å². The Morgan fingerprint density at radius 2 is 2.06 bits per heavy atom. The number of nitrogens with zero attached hydrogens (tertiary/aromatic N) is 1. The van der Waals surface area contributed by atoms with Crippen LogP contribution in [0.3, 0.4) is 0 Å². The van der Waals surface area contributed by atoms with E-state index in [2.05, 4.69) is 5.16 Å². The molecule has 0 amide bonds. The van der Waals surface area contributed by atoms with Crippen molar-refractivity contribution in [3.05, 3.63) is 35.9 Å². The van der Waals surface area contributed by atoms with E-state index in [0.29, 0.717) is 6.61 Å². The van der Waals surface area contributed by atoms with Gasteiger partial charge in [0.05, 0.1) is 6.10 Å². The first kappa shape index (κ1) is 12.2. The van der Waals surface area contributed by atoms with E-state index in [4.69, 9.17) is 9.57 Å². The number of esters is 1. The van der Waals surface area contributed by atoms with Crippen molar-refractivity contribution < 1.29 is 14.4 Å². The lowest BCUT2D eigenvalue weighted by atomic mass is 10.2. The molecule has 4 heteroatoms. The van der Waals surface area contributed by atoms with Gasteiger partial charge >= 0.3 is 5.97 Å². The van der Waals surface area contributed by atoms with Crippen LogP contribution in [0.4, 0.5) is 0 Å². The van der Waals surface area contributed by atoms with Crippen LogP contribution in [-0.4, -0.2) is 18.3 Å². The maximum Gasteiger partial charge on any atom is 0.353 e. The fourth-order valence-corrected chi connectivity index (χ4v) is 1.03. The summed E-state index contributed by atoms with van der Waals surface area (Å²) in [5.41, 5.74) is 0.997. The summed E-state index contributed by atoms with van der Waals surface area (Å²) in [6, 6.07) is 9.58. The average molecular weight is 221 g/mol. The summed E-state index contributed by atoms with van der Waals surface area (Å²) in [6.07, 6.45) is 0.885. The Labute approximate surface area is 94.9 Å². The first-order chi connectivity index (χ1) is 7.68. The third-order valence-electron chi connectivity index (χ3n) is 1.66. The molecule has 1 aromatic carbocycles. The summed E-state index contributed by atoms with van der Waals surface area (Å²) in [7, 11) is 0. The zero-order chi connectivity index (χ0) is 11.8. The molecule has 0 aromatic heterocycles. The van der Waals surface area contributed by atoms with E-state index in [1.165, 1.54) is 0 Å². The van der Waals surface area contributed by atoms with Crippen molar-refractivity contribution in [2.75, 3.05) is 0 Å². The molecular formula is C12H15NO3. The molecule has 0 aliphatic heterocycles. The van der Waals surface area contributed by atoms with Gasteiger partial charge in [0.2, 0.25) is 0 Å². The summed E-state index contributed by atoms with van der Waals surface area (Å²) >= 11 is 0. The van der Waals surface area contributed by atoms with Crippen LogP contribution in [0, 0.1) is 0 Å². The van der Waals surface area contributed by atoms with Gasteiger partial charge in [-0.05, 0) is 19.4 Å². The quantitative estimate of drug-likeness (QED) is 0.435. The van der Waals surface area contributed by atoms with Crippen LogP contribution >= 0.6 is 0 Å². The second-order valence-corrected chi connectivity index (χ2v) is 3.48. The number of ether oxygens (including phenoxy) is 1. The van der Waals surface area contributed by atoms with Crippen molar-refractivity contribution >= 4 is 12.2 Å². The van der Waals surface area contributed by atoms with E-state index in [1.54, 1.807) is 13.8 Å². The van der Waals surface area contributed by atoms with Gasteiger partial charge in [0.25, 0.3) is 0 Å². The maximum atomic E-state index is 11.0. The SMILES string of the molecule is CC(C)OC(=O)/C=N/OCc1ccccc1. The lowest BCUT2D eigenvalue weighted by Crippen LogP contribution is -2.12. The third kappa shape index (κ3) is 5.14. The Morgan fingerprint density at radius 3 is 2.69 bits per heavy atom. The molecule has 0 aliphatic rings. The highest BCUT2D eigenvalue weighted by molar-refractivity contribution is 6.22. The molecule has 0 saturated heterocycles. The van der Waals surface area contributed by atoms with Gasteiger partial charge in [0.1, 0.15) is 6.61 Å². The van der Waals surface area contributed by atoms with Crippen molar-refractivity contribution in [2.45, 2.75) is 26.6 Å². The third-order valence-corrected chi connectivity index (χ3v) is 1.66. The molecule has 1 rings (SSSR count). The van der Waals surface area contributed by atoms with Crippen LogP contribution in [0.1, 0.15) is 19.4 Å². The first-order valence-electron chi connectivity index (χ1n) is 5.08. The monoisotopic (exact) mass is 221 g/mol. The standard InChI is InChI=1S/C12H15NO3/c1-10(2)16-12(14)8-13-15-9-11-6-4-3-5-7-11/h3-8,10H,9H2,1-2H3/b13-8+. The topological polar surface area (TPSA) is 47.9 Å². The minimum atomic E-state index is -0.497. The molecule has 0 heterocycles.